The Morgan fingerprint density at radius 3 is 3.28 bits per heavy atom. The number of fused-ring (bicyclic) bond motifs is 1. The quantitative estimate of drug-likeness (QED) is 0.875. The summed E-state index contributed by atoms with van der Waals surface area (Å²) in [7, 11) is 0. The number of aryl methyl sites for hydroxylation is 1. The molecule has 1 aliphatic rings. The molecule has 2 aromatic rings. The molecule has 1 atom stereocenters. The molecular weight excluding hydrogens is 244 g/mol. The number of carbonyl (C=O) groups excluding carboxylic acids is 1. The standard InChI is InChI=1S/C14H16N2OS/c17-14(16-9-10-4-6-15-8-10)12-2-1-3-13-11(12)5-7-18-13/h4-8,12,15H,1-3,9H2,(H,16,17). The van der Waals surface area contributed by atoms with Crippen molar-refractivity contribution in [3.8, 4) is 0 Å². The molecule has 0 spiro atoms. The molecule has 0 aromatic carbocycles. The molecular formula is C14H16N2OS. The van der Waals surface area contributed by atoms with Crippen LogP contribution in [0.25, 0.3) is 0 Å². The molecule has 0 aliphatic heterocycles. The highest BCUT2D eigenvalue weighted by atomic mass is 32.1. The van der Waals surface area contributed by atoms with Crippen molar-refractivity contribution in [2.24, 2.45) is 0 Å². The maximum atomic E-state index is 12.2. The number of carbonyl (C=O) groups is 1. The van der Waals surface area contributed by atoms with Gasteiger partial charge in [-0.15, -0.1) is 11.3 Å². The normalized spacial score (nSPS) is 18.3. The van der Waals surface area contributed by atoms with Crippen LogP contribution in [-0.2, 0) is 17.8 Å². The summed E-state index contributed by atoms with van der Waals surface area (Å²) in [6.45, 7) is 0.609. The highest BCUT2D eigenvalue weighted by molar-refractivity contribution is 7.10. The van der Waals surface area contributed by atoms with Crippen LogP contribution in [0, 0.1) is 0 Å². The third-order valence-electron chi connectivity index (χ3n) is 3.50. The molecule has 0 radical (unpaired) electrons. The van der Waals surface area contributed by atoms with Crippen LogP contribution >= 0.6 is 11.3 Å². The van der Waals surface area contributed by atoms with Gasteiger partial charge in [-0.25, -0.2) is 0 Å². The molecule has 18 heavy (non-hydrogen) atoms. The predicted molar refractivity (Wildman–Crippen MR) is 72.6 cm³/mol. The Bertz CT molecular complexity index is 530. The smallest absolute Gasteiger partial charge is 0.227 e. The first kappa shape index (κ1) is 11.5. The Morgan fingerprint density at radius 2 is 2.44 bits per heavy atom. The average Bonchev–Trinajstić information content (AvgIpc) is 3.05. The van der Waals surface area contributed by atoms with Crippen LogP contribution in [0.1, 0.15) is 34.8 Å². The summed E-state index contributed by atoms with van der Waals surface area (Å²) in [5.74, 6) is 0.217. The first-order valence-electron chi connectivity index (χ1n) is 6.30. The van der Waals surface area contributed by atoms with Crippen LogP contribution in [-0.4, -0.2) is 10.9 Å². The lowest BCUT2D eigenvalue weighted by Gasteiger charge is -2.21. The van der Waals surface area contributed by atoms with Gasteiger partial charge in [0.05, 0.1) is 5.92 Å². The summed E-state index contributed by atoms with van der Waals surface area (Å²) < 4.78 is 0. The van der Waals surface area contributed by atoms with E-state index in [-0.39, 0.29) is 11.8 Å². The van der Waals surface area contributed by atoms with Gasteiger partial charge in [-0.1, -0.05) is 0 Å². The predicted octanol–water partition coefficient (Wildman–Crippen LogP) is 2.81. The molecule has 2 N–H and O–H groups in total. The first-order valence-corrected chi connectivity index (χ1v) is 7.18. The SMILES string of the molecule is O=C(NCc1cc[nH]c1)C1CCCc2sccc21. The molecule has 0 bridgehead atoms. The largest absolute Gasteiger partial charge is 0.367 e. The van der Waals surface area contributed by atoms with E-state index < -0.39 is 0 Å². The number of thiophene rings is 1. The van der Waals surface area contributed by atoms with Crippen molar-refractivity contribution in [2.45, 2.75) is 31.7 Å². The van der Waals surface area contributed by atoms with Gasteiger partial charge in [0.25, 0.3) is 0 Å². The molecule has 0 saturated carbocycles. The Hall–Kier alpha value is -1.55. The van der Waals surface area contributed by atoms with Crippen molar-refractivity contribution in [1.29, 1.82) is 0 Å². The first-order chi connectivity index (χ1) is 8.84. The van der Waals surface area contributed by atoms with Gasteiger partial charge < -0.3 is 10.3 Å². The van der Waals surface area contributed by atoms with E-state index in [1.54, 1.807) is 11.3 Å². The van der Waals surface area contributed by atoms with Crippen molar-refractivity contribution >= 4 is 17.2 Å². The molecule has 2 aromatic heterocycles. The lowest BCUT2D eigenvalue weighted by atomic mass is 9.87. The van der Waals surface area contributed by atoms with Crippen molar-refractivity contribution < 1.29 is 4.79 Å². The molecule has 2 heterocycles. The van der Waals surface area contributed by atoms with Gasteiger partial charge in [-0.2, -0.15) is 0 Å². The van der Waals surface area contributed by atoms with E-state index >= 15 is 0 Å². The number of amides is 1. The minimum atomic E-state index is 0.0546. The summed E-state index contributed by atoms with van der Waals surface area (Å²) in [6.07, 6.45) is 7.02. The number of aromatic amines is 1. The monoisotopic (exact) mass is 260 g/mol. The zero-order valence-corrected chi connectivity index (χ0v) is 10.9. The van der Waals surface area contributed by atoms with Crippen molar-refractivity contribution in [1.82, 2.24) is 10.3 Å². The van der Waals surface area contributed by atoms with Crippen LogP contribution < -0.4 is 5.32 Å². The second-order valence-corrected chi connectivity index (χ2v) is 5.68. The maximum Gasteiger partial charge on any atom is 0.227 e. The Morgan fingerprint density at radius 1 is 1.50 bits per heavy atom. The number of hydrogen-bond donors (Lipinski definition) is 2. The highest BCUT2D eigenvalue weighted by Crippen LogP contribution is 2.34. The Kier molecular flexibility index (Phi) is 3.19. The van der Waals surface area contributed by atoms with Gasteiger partial charge in [0.1, 0.15) is 0 Å². The molecule has 0 fully saturated rings. The van der Waals surface area contributed by atoms with Gasteiger partial charge in [0.15, 0.2) is 0 Å². The van der Waals surface area contributed by atoms with Gasteiger partial charge in [-0.3, -0.25) is 4.79 Å². The second-order valence-electron chi connectivity index (χ2n) is 4.68. The van der Waals surface area contributed by atoms with Crippen molar-refractivity contribution in [2.75, 3.05) is 0 Å². The van der Waals surface area contributed by atoms with Crippen LogP contribution in [0.2, 0.25) is 0 Å². The Labute approximate surface area is 110 Å². The van der Waals surface area contributed by atoms with E-state index in [4.69, 9.17) is 0 Å². The minimum Gasteiger partial charge on any atom is -0.367 e. The fourth-order valence-electron chi connectivity index (χ4n) is 2.54. The fourth-order valence-corrected chi connectivity index (χ4v) is 3.53. The molecule has 3 nitrogen and oxygen atoms in total. The minimum absolute atomic E-state index is 0.0546. The maximum absolute atomic E-state index is 12.2. The van der Waals surface area contributed by atoms with E-state index in [1.807, 2.05) is 18.5 Å². The zero-order chi connectivity index (χ0) is 12.4. The zero-order valence-electron chi connectivity index (χ0n) is 10.1. The number of rotatable bonds is 3. The number of H-pyrrole nitrogens is 1. The summed E-state index contributed by atoms with van der Waals surface area (Å²) in [4.78, 5) is 16.6. The summed E-state index contributed by atoms with van der Waals surface area (Å²) in [6, 6.07) is 4.09. The third-order valence-corrected chi connectivity index (χ3v) is 4.49. The molecule has 3 rings (SSSR count). The topological polar surface area (TPSA) is 44.9 Å². The molecule has 1 amide bonds. The second kappa shape index (κ2) is 4.98. The molecule has 1 aliphatic carbocycles. The van der Waals surface area contributed by atoms with Gasteiger partial charge in [0, 0.05) is 23.8 Å². The van der Waals surface area contributed by atoms with E-state index in [0.717, 1.165) is 24.8 Å². The lowest BCUT2D eigenvalue weighted by molar-refractivity contribution is -0.123. The Balaban J connectivity index is 1.67. The fraction of sp³-hybridized carbons (Fsp3) is 0.357. The summed E-state index contributed by atoms with van der Waals surface area (Å²) >= 11 is 1.78. The number of hydrogen-bond acceptors (Lipinski definition) is 2. The molecule has 94 valence electrons. The van der Waals surface area contributed by atoms with E-state index in [9.17, 15) is 4.79 Å². The van der Waals surface area contributed by atoms with E-state index in [1.165, 1.54) is 10.4 Å². The van der Waals surface area contributed by atoms with Crippen LogP contribution in [0.15, 0.2) is 29.9 Å². The van der Waals surface area contributed by atoms with Crippen molar-refractivity contribution in [3.05, 3.63) is 45.9 Å². The van der Waals surface area contributed by atoms with Crippen molar-refractivity contribution in [3.63, 3.8) is 0 Å². The molecule has 1 unspecified atom stereocenters. The van der Waals surface area contributed by atoms with Gasteiger partial charge in [-0.05, 0) is 47.9 Å². The lowest BCUT2D eigenvalue weighted by Crippen LogP contribution is -2.30. The van der Waals surface area contributed by atoms with Crippen LogP contribution in [0.4, 0.5) is 0 Å². The number of aromatic nitrogens is 1. The van der Waals surface area contributed by atoms with E-state index in [0.29, 0.717) is 6.54 Å². The van der Waals surface area contributed by atoms with Gasteiger partial charge >= 0.3 is 0 Å². The van der Waals surface area contributed by atoms with Gasteiger partial charge in [0.2, 0.25) is 5.91 Å². The number of nitrogens with one attached hydrogen (secondary N) is 2. The highest BCUT2D eigenvalue weighted by Gasteiger charge is 2.26. The third kappa shape index (κ3) is 2.20. The summed E-state index contributed by atoms with van der Waals surface area (Å²) in [5, 5.41) is 5.13. The van der Waals surface area contributed by atoms with Crippen LogP contribution in [0.3, 0.4) is 0 Å². The average molecular weight is 260 g/mol. The van der Waals surface area contributed by atoms with Crippen LogP contribution in [0.5, 0.6) is 0 Å². The van der Waals surface area contributed by atoms with E-state index in [2.05, 4.69) is 21.7 Å². The molecule has 4 heteroatoms. The molecule has 0 saturated heterocycles. The summed E-state index contributed by atoms with van der Waals surface area (Å²) in [5.41, 5.74) is 2.36.